The molecule has 6 heteroatoms. The van der Waals surface area contributed by atoms with Gasteiger partial charge in [-0.3, -0.25) is 19.2 Å². The van der Waals surface area contributed by atoms with E-state index in [2.05, 4.69) is 273 Å². The maximum atomic E-state index is 18.2. The third-order valence-electron chi connectivity index (χ3n) is 21.9. The third kappa shape index (κ3) is 10.9. The fourth-order valence-corrected chi connectivity index (χ4v) is 16.3. The second kappa shape index (κ2) is 22.5. The van der Waals surface area contributed by atoms with E-state index in [1.165, 1.54) is 101 Å². The average molecular weight is 1330 g/mol. The van der Waals surface area contributed by atoms with Crippen LogP contribution in [0, 0.1) is 0 Å². The lowest BCUT2D eigenvalue weighted by Gasteiger charge is -2.23. The topological polar surface area (TPSA) is 86.7 Å². The summed E-state index contributed by atoms with van der Waals surface area (Å²) in [6.45, 7) is 62.8. The Morgan fingerprint density at radius 2 is 0.360 bits per heavy atom. The lowest BCUT2D eigenvalue weighted by molar-refractivity contribution is -0.141. The number of hydrogen-bond donors (Lipinski definition) is 0. The summed E-state index contributed by atoms with van der Waals surface area (Å²) in [5, 5.41) is 28.5. The molecule has 0 N–H and O–H groups in total. The van der Waals surface area contributed by atoms with Crippen LogP contribution in [0.2, 0.25) is 0 Å². The maximum absolute atomic E-state index is 18.2. The summed E-state index contributed by atoms with van der Waals surface area (Å²) in [5.41, 5.74) is 8.09. The van der Waals surface area contributed by atoms with Gasteiger partial charge in [0.1, 0.15) is 0 Å². The standard InChI is InChI=1S/C86H88O2.2C4H8O2/c1-79(2,3)45-25-41-29-49(83(13,14)15)37-57-61(41)53(33-45)65-66-54-34-46(80(4,5)6)26-42-30-50(84(16,17)18)38-58(62(42)54)70(66)74-73(69(57)65)77(87)75-71-59-39-51(85(19,20)21)31-43-27-47(81(7,8)9)35-55(63(43)59)67(71)68-56-36-48(82(10,11)12)28-44-32-52(86(22,23)24)40-60(64(44)56)72(68)76(75)78(74)88;2*1-3-6-4(2)5/h25-40H,1-24H3;2*3H2,1-2H3. The first-order chi connectivity index (χ1) is 46.1. The number of esters is 2. The zero-order chi connectivity index (χ0) is 73.2. The van der Waals surface area contributed by atoms with Gasteiger partial charge in [0.15, 0.2) is 10.9 Å². The number of hydrogen-bond acceptors (Lipinski definition) is 6. The summed E-state index contributed by atoms with van der Waals surface area (Å²) in [4.78, 5) is 56.1. The summed E-state index contributed by atoms with van der Waals surface area (Å²) in [5.74, 6) is -0.421. The van der Waals surface area contributed by atoms with Crippen molar-refractivity contribution in [3.63, 3.8) is 0 Å². The highest BCUT2D eigenvalue weighted by atomic mass is 16.5. The minimum absolute atomic E-state index is 0.0526. The van der Waals surface area contributed by atoms with Crippen LogP contribution in [0.3, 0.4) is 0 Å². The minimum atomic E-state index is -0.224. The third-order valence-corrected chi connectivity index (χ3v) is 21.9. The summed E-state index contributed by atoms with van der Waals surface area (Å²) in [6, 6.07) is 38.8. The first-order valence-corrected chi connectivity index (χ1v) is 36.5. The lowest BCUT2D eigenvalue weighted by Crippen LogP contribution is -2.15. The normalized spacial score (nSPS) is 13.6. The van der Waals surface area contributed by atoms with Gasteiger partial charge in [-0.15, -0.1) is 0 Å². The molecule has 15 aromatic rings. The van der Waals surface area contributed by atoms with Crippen LogP contribution in [0.4, 0.5) is 0 Å². The van der Waals surface area contributed by atoms with Crippen molar-refractivity contribution >= 4 is 163 Å². The Balaban J connectivity index is 0.000000689. The molecule has 15 aromatic carbocycles. The van der Waals surface area contributed by atoms with Gasteiger partial charge in [0.25, 0.3) is 0 Å². The Morgan fingerprint density at radius 1 is 0.230 bits per heavy atom. The quantitative estimate of drug-likeness (QED) is 0.127. The summed E-state index contributed by atoms with van der Waals surface area (Å²) < 4.78 is 8.81. The first-order valence-electron chi connectivity index (χ1n) is 36.5. The van der Waals surface area contributed by atoms with Crippen LogP contribution in [-0.2, 0) is 62.4 Å². The van der Waals surface area contributed by atoms with E-state index in [9.17, 15) is 9.59 Å². The molecule has 0 saturated carbocycles. The molecule has 100 heavy (non-hydrogen) atoms. The van der Waals surface area contributed by atoms with E-state index in [1.54, 1.807) is 13.8 Å². The fourth-order valence-electron chi connectivity index (χ4n) is 16.3. The number of fused-ring (bicyclic) bond motifs is 20. The van der Waals surface area contributed by atoms with Crippen molar-refractivity contribution in [3.8, 4) is 0 Å². The zero-order valence-corrected chi connectivity index (χ0v) is 65.1. The molecule has 0 fully saturated rings. The van der Waals surface area contributed by atoms with E-state index >= 15 is 9.59 Å². The summed E-state index contributed by atoms with van der Waals surface area (Å²) in [6.07, 6.45) is 0. The van der Waals surface area contributed by atoms with Gasteiger partial charge < -0.3 is 9.47 Å². The predicted octanol–water partition coefficient (Wildman–Crippen LogP) is 25.3. The lowest BCUT2D eigenvalue weighted by atomic mass is 9.82. The number of carbonyl (C=O) groups excluding carboxylic acids is 2. The molecule has 0 unspecified atom stereocenters. The molecule has 516 valence electrons. The van der Waals surface area contributed by atoms with Crippen LogP contribution >= 0.6 is 0 Å². The van der Waals surface area contributed by atoms with Crippen LogP contribution in [0.25, 0.3) is 151 Å². The van der Waals surface area contributed by atoms with Gasteiger partial charge in [-0.1, -0.05) is 215 Å². The monoisotopic (exact) mass is 1330 g/mol. The molecule has 0 heterocycles. The summed E-state index contributed by atoms with van der Waals surface area (Å²) in [7, 11) is 0. The molecule has 0 aliphatic heterocycles. The van der Waals surface area contributed by atoms with Crippen molar-refractivity contribution in [1.82, 2.24) is 0 Å². The second-order valence-electron chi connectivity index (χ2n) is 37.6. The number of ether oxygens (including phenoxy) is 2. The molecule has 0 atom stereocenters. The van der Waals surface area contributed by atoms with Gasteiger partial charge in [0, 0.05) is 56.9 Å². The van der Waals surface area contributed by atoms with E-state index in [-0.39, 0.29) is 66.1 Å². The number of benzene rings is 11. The molecule has 0 saturated heterocycles. The fraction of sp³-hybridized carbons (Fsp3) is 0.404. The van der Waals surface area contributed by atoms with Gasteiger partial charge in [-0.05, 0) is 258 Å². The molecule has 0 radical (unpaired) electrons. The second-order valence-corrected chi connectivity index (χ2v) is 37.6. The van der Waals surface area contributed by atoms with Crippen molar-refractivity contribution in [3.05, 3.63) is 162 Å². The van der Waals surface area contributed by atoms with Gasteiger partial charge in [-0.25, -0.2) is 0 Å². The molecular weight excluding hydrogens is 1230 g/mol. The van der Waals surface area contributed by atoms with Crippen LogP contribution in [0.1, 0.15) is 238 Å². The summed E-state index contributed by atoms with van der Waals surface area (Å²) >= 11 is 0. The smallest absolute Gasteiger partial charge is 0.302 e. The molecule has 0 aliphatic carbocycles. The largest absolute Gasteiger partial charge is 0.466 e. The van der Waals surface area contributed by atoms with Gasteiger partial charge in [0.2, 0.25) is 0 Å². The van der Waals surface area contributed by atoms with Gasteiger partial charge >= 0.3 is 11.9 Å². The molecule has 0 aromatic heterocycles. The number of rotatable bonds is 2. The first kappa shape index (κ1) is 70.0. The molecule has 0 spiro atoms. The van der Waals surface area contributed by atoms with E-state index in [4.69, 9.17) is 0 Å². The van der Waals surface area contributed by atoms with E-state index < -0.39 is 0 Å². The van der Waals surface area contributed by atoms with Crippen molar-refractivity contribution in [1.29, 1.82) is 0 Å². The van der Waals surface area contributed by atoms with Crippen molar-refractivity contribution in [2.24, 2.45) is 0 Å². The Bertz CT molecular complexity index is 5330. The highest BCUT2D eigenvalue weighted by molar-refractivity contribution is 6.54. The van der Waals surface area contributed by atoms with Crippen LogP contribution in [-0.4, -0.2) is 25.2 Å². The predicted molar refractivity (Wildman–Crippen MR) is 434 cm³/mol. The molecular formula is C94H104O6. The number of carbonyl (C=O) groups is 2. The Hall–Kier alpha value is -8.48. The minimum Gasteiger partial charge on any atom is -0.466 e. The Labute approximate surface area is 590 Å². The van der Waals surface area contributed by atoms with Gasteiger partial charge in [0.05, 0.1) is 13.2 Å². The van der Waals surface area contributed by atoms with Crippen molar-refractivity contribution < 1.29 is 19.1 Å². The SMILES string of the molecule is CC(C)(C)c1cc2cc(C(C)(C)C)cc3c2c(c1)c1c2c(=O)c4c(c(=O)c2c2c5cc(C(C)(C)C)cc6cc(C(C)(C)C)cc(c65)c2c31)c1c2cc(C(C)(C)C)cc3cc(C(C)(C)C)cc(c32)c1c1c2cc(C(C)(C)C)cc3cc(C(C)(C)C)cc(c32)c41.CCOC(C)=O.CCOC(C)=O. The van der Waals surface area contributed by atoms with Crippen molar-refractivity contribution in [2.75, 3.05) is 13.2 Å². The highest BCUT2D eigenvalue weighted by Gasteiger charge is 2.36. The van der Waals surface area contributed by atoms with E-state index in [1.807, 2.05) is 0 Å². The molecule has 6 nitrogen and oxygen atoms in total. The molecule has 0 bridgehead atoms. The molecule has 15 rings (SSSR count). The molecule has 0 aliphatic rings. The molecule has 0 amide bonds. The van der Waals surface area contributed by atoms with E-state index in [0.29, 0.717) is 34.8 Å². The van der Waals surface area contributed by atoms with Crippen LogP contribution < -0.4 is 10.9 Å². The van der Waals surface area contributed by atoms with Gasteiger partial charge in [-0.2, -0.15) is 0 Å². The Kier molecular flexibility index (Phi) is 15.8. The maximum Gasteiger partial charge on any atom is 0.302 e. The van der Waals surface area contributed by atoms with Crippen LogP contribution in [0.15, 0.2) is 107 Å². The van der Waals surface area contributed by atoms with Crippen molar-refractivity contribution in [2.45, 2.75) is 237 Å². The highest BCUT2D eigenvalue weighted by Crippen LogP contribution is 2.57. The van der Waals surface area contributed by atoms with Crippen LogP contribution in [0.5, 0.6) is 0 Å². The zero-order valence-electron chi connectivity index (χ0n) is 65.1. The Morgan fingerprint density at radius 3 is 0.460 bits per heavy atom. The van der Waals surface area contributed by atoms with E-state index in [0.717, 1.165) is 86.2 Å². The average Bonchev–Trinajstić information content (AvgIpc) is 1.52.